The van der Waals surface area contributed by atoms with Gasteiger partial charge in [-0.05, 0) is 79.2 Å². The smallest absolute Gasteiger partial charge is 0.335 e. The second-order valence-corrected chi connectivity index (χ2v) is 7.98. The molecule has 0 amide bonds. The van der Waals surface area contributed by atoms with Gasteiger partial charge in [-0.1, -0.05) is 15.9 Å². The van der Waals surface area contributed by atoms with Gasteiger partial charge in [0.2, 0.25) is 0 Å². The van der Waals surface area contributed by atoms with E-state index in [0.29, 0.717) is 6.54 Å². The number of rotatable bonds is 6. The Morgan fingerprint density at radius 2 is 1.81 bits per heavy atom. The van der Waals surface area contributed by atoms with Crippen molar-refractivity contribution in [2.24, 2.45) is 0 Å². The van der Waals surface area contributed by atoms with E-state index in [-0.39, 0.29) is 11.4 Å². The van der Waals surface area contributed by atoms with E-state index in [0.717, 1.165) is 38.2 Å². The Hall–Kier alpha value is -3.45. The number of aromatic carboxylic acids is 1. The van der Waals surface area contributed by atoms with Gasteiger partial charge in [0, 0.05) is 34.0 Å². The van der Waals surface area contributed by atoms with Crippen molar-refractivity contribution in [2.75, 3.05) is 5.32 Å². The molecule has 3 aromatic carbocycles. The quantitative estimate of drug-likeness (QED) is 0.352. The van der Waals surface area contributed by atoms with E-state index in [1.54, 1.807) is 41.1 Å². The molecule has 1 aromatic heterocycles. The normalized spacial score (nSPS) is 10.8. The highest BCUT2D eigenvalue weighted by Gasteiger charge is 2.13. The number of nitrogens with one attached hydrogen (secondary N) is 1. The largest absolute Gasteiger partial charge is 0.478 e. The lowest BCUT2D eigenvalue weighted by molar-refractivity contribution is 0.0697. The van der Waals surface area contributed by atoms with E-state index in [9.17, 15) is 9.18 Å². The van der Waals surface area contributed by atoms with E-state index >= 15 is 0 Å². The molecular weight excluding hydrogens is 461 g/mol. The summed E-state index contributed by atoms with van der Waals surface area (Å²) in [6.07, 6.45) is 1.90. The molecule has 5 nitrogen and oxygen atoms in total. The van der Waals surface area contributed by atoms with Crippen molar-refractivity contribution in [3.05, 3.63) is 99.9 Å². The first-order valence-electron chi connectivity index (χ1n) is 9.59. The Balaban J connectivity index is 1.68. The summed E-state index contributed by atoms with van der Waals surface area (Å²) in [5, 5.41) is 17.2. The Labute approximate surface area is 187 Å². The van der Waals surface area contributed by atoms with Crippen LogP contribution in [0.1, 0.15) is 21.5 Å². The molecule has 0 saturated heterocycles. The first-order chi connectivity index (χ1) is 14.9. The second kappa shape index (κ2) is 8.73. The molecule has 0 aliphatic heterocycles. The molecule has 0 bridgehead atoms. The van der Waals surface area contributed by atoms with Gasteiger partial charge in [0.05, 0.1) is 16.9 Å². The molecule has 0 saturated carbocycles. The maximum absolute atomic E-state index is 13.4. The van der Waals surface area contributed by atoms with Gasteiger partial charge in [-0.2, -0.15) is 5.10 Å². The third kappa shape index (κ3) is 4.67. The highest BCUT2D eigenvalue weighted by atomic mass is 79.9. The van der Waals surface area contributed by atoms with Crippen LogP contribution >= 0.6 is 15.9 Å². The first kappa shape index (κ1) is 20.8. The molecule has 0 unspecified atom stereocenters. The van der Waals surface area contributed by atoms with E-state index < -0.39 is 5.97 Å². The number of anilines is 1. The monoisotopic (exact) mass is 479 g/mol. The maximum Gasteiger partial charge on any atom is 0.335 e. The fraction of sp³-hybridized carbons (Fsp3) is 0.0833. The van der Waals surface area contributed by atoms with Gasteiger partial charge in [-0.3, -0.25) is 0 Å². The van der Waals surface area contributed by atoms with Crippen molar-refractivity contribution < 1.29 is 14.3 Å². The van der Waals surface area contributed by atoms with E-state index in [1.807, 2.05) is 25.3 Å². The van der Waals surface area contributed by atoms with E-state index in [4.69, 9.17) is 10.2 Å². The van der Waals surface area contributed by atoms with Crippen molar-refractivity contribution >= 4 is 27.6 Å². The van der Waals surface area contributed by atoms with Gasteiger partial charge >= 0.3 is 5.97 Å². The minimum Gasteiger partial charge on any atom is -0.478 e. The number of aryl methyl sites for hydroxylation is 1. The van der Waals surface area contributed by atoms with Crippen LogP contribution in [-0.4, -0.2) is 20.9 Å². The number of halogens is 2. The lowest BCUT2D eigenvalue weighted by Crippen LogP contribution is -2.00. The number of hydrogen-bond acceptors (Lipinski definition) is 3. The third-order valence-electron chi connectivity index (χ3n) is 4.93. The second-order valence-electron chi connectivity index (χ2n) is 7.12. The average molecular weight is 480 g/mol. The van der Waals surface area contributed by atoms with Crippen molar-refractivity contribution in [3.63, 3.8) is 0 Å². The summed E-state index contributed by atoms with van der Waals surface area (Å²) in [4.78, 5) is 11.1. The molecule has 2 N–H and O–H groups in total. The van der Waals surface area contributed by atoms with Gasteiger partial charge in [-0.15, -0.1) is 0 Å². The third-order valence-corrected chi connectivity index (χ3v) is 5.82. The van der Waals surface area contributed by atoms with Crippen LogP contribution < -0.4 is 5.32 Å². The Morgan fingerprint density at radius 3 is 2.45 bits per heavy atom. The topological polar surface area (TPSA) is 67.2 Å². The SMILES string of the molecule is Cc1cc(NCc2cn(-c3ccc(C(=O)O)cc3)nc2-c2ccc(F)cc2)ccc1Br. The van der Waals surface area contributed by atoms with E-state index in [2.05, 4.69) is 27.3 Å². The van der Waals surface area contributed by atoms with Gasteiger partial charge in [0.25, 0.3) is 0 Å². The summed E-state index contributed by atoms with van der Waals surface area (Å²) in [5.41, 5.74) is 5.49. The van der Waals surface area contributed by atoms with Crippen LogP contribution in [0.5, 0.6) is 0 Å². The Kier molecular flexibility index (Phi) is 5.86. The number of carbonyl (C=O) groups is 1. The van der Waals surface area contributed by atoms with Crippen molar-refractivity contribution in [1.29, 1.82) is 0 Å². The summed E-state index contributed by atoms with van der Waals surface area (Å²) in [6, 6.07) is 18.7. The van der Waals surface area contributed by atoms with Gasteiger partial charge < -0.3 is 10.4 Å². The molecule has 0 fully saturated rings. The van der Waals surface area contributed by atoms with Crippen LogP contribution in [0.3, 0.4) is 0 Å². The molecule has 7 heteroatoms. The van der Waals surface area contributed by atoms with Crippen molar-refractivity contribution in [3.8, 4) is 16.9 Å². The Bertz CT molecular complexity index is 1230. The summed E-state index contributed by atoms with van der Waals surface area (Å²) in [6.45, 7) is 2.54. The van der Waals surface area contributed by atoms with Crippen molar-refractivity contribution in [2.45, 2.75) is 13.5 Å². The van der Waals surface area contributed by atoms with E-state index in [1.165, 1.54) is 12.1 Å². The zero-order valence-electron chi connectivity index (χ0n) is 16.6. The van der Waals surface area contributed by atoms with Gasteiger partial charge in [0.15, 0.2) is 0 Å². The zero-order valence-corrected chi connectivity index (χ0v) is 18.2. The molecule has 1 heterocycles. The van der Waals surface area contributed by atoms with Crippen LogP contribution in [0.4, 0.5) is 10.1 Å². The van der Waals surface area contributed by atoms with Gasteiger partial charge in [0.1, 0.15) is 5.82 Å². The molecule has 0 radical (unpaired) electrons. The molecule has 31 heavy (non-hydrogen) atoms. The highest BCUT2D eigenvalue weighted by Crippen LogP contribution is 2.26. The minimum atomic E-state index is -0.978. The number of carboxylic acids is 1. The molecular formula is C24H19BrFN3O2. The molecule has 0 aliphatic carbocycles. The zero-order chi connectivity index (χ0) is 22.0. The maximum atomic E-state index is 13.4. The number of hydrogen-bond donors (Lipinski definition) is 2. The highest BCUT2D eigenvalue weighted by molar-refractivity contribution is 9.10. The van der Waals surface area contributed by atoms with Gasteiger partial charge in [-0.25, -0.2) is 13.9 Å². The summed E-state index contributed by atoms with van der Waals surface area (Å²) < 4.78 is 16.2. The van der Waals surface area contributed by atoms with Crippen LogP contribution in [0.2, 0.25) is 0 Å². The Morgan fingerprint density at radius 1 is 1.10 bits per heavy atom. The summed E-state index contributed by atoms with van der Waals surface area (Å²) >= 11 is 3.51. The van der Waals surface area contributed by atoms with Crippen LogP contribution in [-0.2, 0) is 6.54 Å². The van der Waals surface area contributed by atoms with Crippen LogP contribution in [0, 0.1) is 12.7 Å². The number of carboxylic acid groups (broad SMARTS) is 1. The standard InChI is InChI=1S/C24H19BrFN3O2/c1-15-12-20(8-11-22(15)25)27-13-18-14-29(21-9-4-17(5-10-21)24(30)31)28-23(18)16-2-6-19(26)7-3-16/h2-12,14,27H,13H2,1H3,(H,30,31). The first-order valence-corrected chi connectivity index (χ1v) is 10.4. The molecule has 0 spiro atoms. The molecule has 4 aromatic rings. The molecule has 0 atom stereocenters. The van der Waals surface area contributed by atoms with Crippen LogP contribution in [0.15, 0.2) is 77.4 Å². The molecule has 4 rings (SSSR count). The van der Waals surface area contributed by atoms with Crippen LogP contribution in [0.25, 0.3) is 16.9 Å². The fourth-order valence-electron chi connectivity index (χ4n) is 3.23. The fourth-order valence-corrected chi connectivity index (χ4v) is 3.48. The lowest BCUT2D eigenvalue weighted by Gasteiger charge is -2.08. The lowest BCUT2D eigenvalue weighted by atomic mass is 10.1. The average Bonchev–Trinajstić information content (AvgIpc) is 3.19. The summed E-state index contributed by atoms with van der Waals surface area (Å²) in [7, 11) is 0. The predicted octanol–water partition coefficient (Wildman–Crippen LogP) is 6.06. The predicted molar refractivity (Wildman–Crippen MR) is 122 cm³/mol. The minimum absolute atomic E-state index is 0.210. The number of nitrogens with zero attached hydrogens (tertiary/aromatic N) is 2. The summed E-state index contributed by atoms with van der Waals surface area (Å²) in [5.74, 6) is -1.29. The van der Waals surface area contributed by atoms with Crippen molar-refractivity contribution in [1.82, 2.24) is 9.78 Å². The molecule has 0 aliphatic rings. The molecule has 156 valence electrons. The number of aromatic nitrogens is 2. The number of benzene rings is 3.